The van der Waals surface area contributed by atoms with Crippen LogP contribution in [0.1, 0.15) is 60.3 Å². The predicted molar refractivity (Wildman–Crippen MR) is 73.7 cm³/mol. The summed E-state index contributed by atoms with van der Waals surface area (Å²) >= 11 is 0. The highest BCUT2D eigenvalue weighted by Gasteiger charge is 2.16. The van der Waals surface area contributed by atoms with Gasteiger partial charge in [-0.15, -0.1) is 0 Å². The van der Waals surface area contributed by atoms with Crippen molar-refractivity contribution in [2.45, 2.75) is 72.4 Å². The average molecular weight is 228 g/mol. The smallest absolute Gasteiger partial charge is 0.00901 e. The van der Waals surface area contributed by atoms with Gasteiger partial charge in [0.2, 0.25) is 0 Å². The summed E-state index contributed by atoms with van der Waals surface area (Å²) in [6.45, 7) is 13.7. The third kappa shape index (κ3) is 6.49. The topological polar surface area (TPSA) is 29.3 Å². The maximum atomic E-state index is 6.01. The van der Waals surface area contributed by atoms with E-state index in [0.717, 1.165) is 24.8 Å². The van der Waals surface area contributed by atoms with Gasteiger partial charge in [0.05, 0.1) is 0 Å². The Morgan fingerprint density at radius 1 is 1.00 bits per heavy atom. The molecule has 0 bridgehead atoms. The molecule has 0 aliphatic rings. The second-order valence-corrected chi connectivity index (χ2v) is 5.32. The maximum absolute atomic E-state index is 6.01. The summed E-state index contributed by atoms with van der Waals surface area (Å²) in [5.41, 5.74) is 6.01. The highest BCUT2D eigenvalue weighted by Crippen LogP contribution is 2.12. The van der Waals surface area contributed by atoms with E-state index in [2.05, 4.69) is 39.5 Å². The van der Waals surface area contributed by atoms with Crippen molar-refractivity contribution in [3.63, 3.8) is 0 Å². The molecule has 0 aromatic heterocycles. The highest BCUT2D eigenvalue weighted by molar-refractivity contribution is 4.72. The molecule has 16 heavy (non-hydrogen) atoms. The minimum Gasteiger partial charge on any atom is -0.328 e. The SMILES string of the molecule is CCC(N)CCN(CC(C)C)C(CC)CC. The molecule has 1 unspecified atom stereocenters. The van der Waals surface area contributed by atoms with Crippen LogP contribution in [-0.4, -0.2) is 30.1 Å². The normalized spacial score (nSPS) is 14.1. The summed E-state index contributed by atoms with van der Waals surface area (Å²) in [7, 11) is 0. The van der Waals surface area contributed by atoms with Crippen LogP contribution in [0.25, 0.3) is 0 Å². The van der Waals surface area contributed by atoms with Crippen LogP contribution < -0.4 is 5.73 Å². The van der Waals surface area contributed by atoms with Crippen LogP contribution in [0, 0.1) is 5.92 Å². The Morgan fingerprint density at radius 3 is 1.94 bits per heavy atom. The van der Waals surface area contributed by atoms with Gasteiger partial charge in [-0.3, -0.25) is 0 Å². The molecule has 2 nitrogen and oxygen atoms in total. The molecular weight excluding hydrogens is 196 g/mol. The van der Waals surface area contributed by atoms with Gasteiger partial charge in [-0.25, -0.2) is 0 Å². The molecule has 0 spiro atoms. The molecule has 0 aromatic rings. The van der Waals surface area contributed by atoms with Gasteiger partial charge in [-0.05, 0) is 38.1 Å². The Morgan fingerprint density at radius 2 is 1.56 bits per heavy atom. The number of rotatable bonds is 9. The van der Waals surface area contributed by atoms with Crippen molar-refractivity contribution in [3.05, 3.63) is 0 Å². The lowest BCUT2D eigenvalue weighted by Crippen LogP contribution is -2.40. The van der Waals surface area contributed by atoms with Crippen molar-refractivity contribution in [2.24, 2.45) is 11.7 Å². The fraction of sp³-hybridized carbons (Fsp3) is 1.00. The second kappa shape index (κ2) is 9.00. The van der Waals surface area contributed by atoms with Gasteiger partial charge in [-0.2, -0.15) is 0 Å². The van der Waals surface area contributed by atoms with Crippen molar-refractivity contribution in [1.82, 2.24) is 4.90 Å². The van der Waals surface area contributed by atoms with Crippen LogP contribution in [0.2, 0.25) is 0 Å². The van der Waals surface area contributed by atoms with Gasteiger partial charge >= 0.3 is 0 Å². The summed E-state index contributed by atoms with van der Waals surface area (Å²) in [5.74, 6) is 0.749. The van der Waals surface area contributed by atoms with Crippen LogP contribution in [0.4, 0.5) is 0 Å². The standard InChI is InChI=1S/C14H32N2/c1-6-13(15)9-10-16(11-12(4)5)14(7-2)8-3/h12-14H,6-11,15H2,1-5H3. The molecule has 0 saturated heterocycles. The molecule has 0 heterocycles. The minimum absolute atomic E-state index is 0.379. The van der Waals surface area contributed by atoms with Gasteiger partial charge in [0.15, 0.2) is 0 Å². The fourth-order valence-corrected chi connectivity index (χ4v) is 2.23. The molecule has 2 heteroatoms. The molecule has 0 saturated carbocycles. The van der Waals surface area contributed by atoms with E-state index in [4.69, 9.17) is 5.73 Å². The highest BCUT2D eigenvalue weighted by atomic mass is 15.2. The molecule has 1 atom stereocenters. The number of hydrogen-bond donors (Lipinski definition) is 1. The summed E-state index contributed by atoms with van der Waals surface area (Å²) < 4.78 is 0. The number of hydrogen-bond acceptors (Lipinski definition) is 2. The minimum atomic E-state index is 0.379. The largest absolute Gasteiger partial charge is 0.328 e. The summed E-state index contributed by atoms with van der Waals surface area (Å²) in [4.78, 5) is 2.64. The Hall–Kier alpha value is -0.0800. The van der Waals surface area contributed by atoms with Gasteiger partial charge in [0, 0.05) is 18.6 Å². The van der Waals surface area contributed by atoms with Crippen LogP contribution in [0.15, 0.2) is 0 Å². The summed E-state index contributed by atoms with van der Waals surface area (Å²) in [6.07, 6.45) is 4.74. The molecule has 0 radical (unpaired) electrons. The Balaban J connectivity index is 4.18. The van der Waals surface area contributed by atoms with E-state index in [1.807, 2.05) is 0 Å². The van der Waals surface area contributed by atoms with E-state index in [9.17, 15) is 0 Å². The van der Waals surface area contributed by atoms with Gasteiger partial charge in [-0.1, -0.05) is 34.6 Å². The Kier molecular flexibility index (Phi) is 8.96. The lowest BCUT2D eigenvalue weighted by Gasteiger charge is -2.32. The fourth-order valence-electron chi connectivity index (χ4n) is 2.23. The number of nitrogens with two attached hydrogens (primary N) is 1. The first-order chi connectivity index (χ1) is 7.54. The molecular formula is C14H32N2. The van der Waals surface area contributed by atoms with Crippen molar-refractivity contribution in [1.29, 1.82) is 0 Å². The zero-order valence-corrected chi connectivity index (χ0v) is 12.0. The monoisotopic (exact) mass is 228 g/mol. The predicted octanol–water partition coefficient (Wildman–Crippen LogP) is 3.26. The van der Waals surface area contributed by atoms with E-state index in [1.165, 1.54) is 25.9 Å². The summed E-state index contributed by atoms with van der Waals surface area (Å²) in [6, 6.07) is 1.12. The van der Waals surface area contributed by atoms with Crippen LogP contribution in [0.3, 0.4) is 0 Å². The zero-order chi connectivity index (χ0) is 12.6. The molecule has 0 aliphatic carbocycles. The van der Waals surface area contributed by atoms with E-state index in [1.54, 1.807) is 0 Å². The third-order valence-corrected chi connectivity index (χ3v) is 3.37. The van der Waals surface area contributed by atoms with Gasteiger partial charge in [0.1, 0.15) is 0 Å². The first-order valence-corrected chi connectivity index (χ1v) is 7.04. The molecule has 2 N–H and O–H groups in total. The van der Waals surface area contributed by atoms with Crippen LogP contribution >= 0.6 is 0 Å². The van der Waals surface area contributed by atoms with E-state index in [0.29, 0.717) is 6.04 Å². The second-order valence-electron chi connectivity index (χ2n) is 5.32. The first-order valence-electron chi connectivity index (χ1n) is 7.04. The molecule has 98 valence electrons. The lowest BCUT2D eigenvalue weighted by molar-refractivity contribution is 0.160. The van der Waals surface area contributed by atoms with Crippen molar-refractivity contribution in [2.75, 3.05) is 13.1 Å². The van der Waals surface area contributed by atoms with Gasteiger partial charge in [0.25, 0.3) is 0 Å². The average Bonchev–Trinajstić information content (AvgIpc) is 2.26. The Bertz CT molecular complexity index is 153. The summed E-state index contributed by atoms with van der Waals surface area (Å²) in [5, 5.41) is 0. The van der Waals surface area contributed by atoms with E-state index >= 15 is 0 Å². The lowest BCUT2D eigenvalue weighted by atomic mass is 10.1. The van der Waals surface area contributed by atoms with Crippen LogP contribution in [-0.2, 0) is 0 Å². The molecule has 0 amide bonds. The quantitative estimate of drug-likeness (QED) is 0.656. The van der Waals surface area contributed by atoms with Crippen LogP contribution in [0.5, 0.6) is 0 Å². The third-order valence-electron chi connectivity index (χ3n) is 3.37. The van der Waals surface area contributed by atoms with Crippen molar-refractivity contribution >= 4 is 0 Å². The maximum Gasteiger partial charge on any atom is 0.00901 e. The first kappa shape index (κ1) is 15.9. The number of nitrogens with zero attached hydrogens (tertiary/aromatic N) is 1. The molecule has 0 rings (SSSR count). The molecule has 0 aromatic carbocycles. The van der Waals surface area contributed by atoms with Gasteiger partial charge < -0.3 is 10.6 Å². The van der Waals surface area contributed by atoms with Crippen molar-refractivity contribution in [3.8, 4) is 0 Å². The Labute approximate surface area is 103 Å². The van der Waals surface area contributed by atoms with Crippen molar-refractivity contribution < 1.29 is 0 Å². The van der Waals surface area contributed by atoms with E-state index in [-0.39, 0.29) is 0 Å². The molecule has 0 fully saturated rings. The molecule has 0 aliphatic heterocycles. The zero-order valence-electron chi connectivity index (χ0n) is 12.0. The van der Waals surface area contributed by atoms with E-state index < -0.39 is 0 Å².